The Balaban J connectivity index is 1.42. The van der Waals surface area contributed by atoms with E-state index >= 15 is 0 Å². The zero-order valence-electron chi connectivity index (χ0n) is 48.7. The van der Waals surface area contributed by atoms with Crippen LogP contribution in [0.3, 0.4) is 0 Å². The highest BCUT2D eigenvalue weighted by Crippen LogP contribution is 2.47. The van der Waals surface area contributed by atoms with Crippen LogP contribution in [0.1, 0.15) is 32.9 Å². The first-order valence-corrected chi connectivity index (χ1v) is 15.4. The average Bonchev–Trinajstić information content (AvgIpc) is 3.92. The van der Waals surface area contributed by atoms with Gasteiger partial charge in [0.15, 0.2) is 0 Å². The molecule has 0 saturated carbocycles. The molecular formula is C46H29NOS. The highest BCUT2D eigenvalue weighted by Gasteiger charge is 2.21. The van der Waals surface area contributed by atoms with E-state index in [1.807, 2.05) is 0 Å². The van der Waals surface area contributed by atoms with E-state index in [9.17, 15) is 12.3 Å². The van der Waals surface area contributed by atoms with Crippen molar-refractivity contribution in [3.8, 4) is 22.3 Å². The number of rotatable bonds is 5. The van der Waals surface area contributed by atoms with Crippen molar-refractivity contribution < 1.29 is 37.3 Å². The van der Waals surface area contributed by atoms with Crippen molar-refractivity contribution in [3.63, 3.8) is 0 Å². The van der Waals surface area contributed by atoms with Gasteiger partial charge < -0.3 is 9.32 Å². The minimum Gasteiger partial charge on any atom is -0.456 e. The molecule has 2 heterocycles. The third-order valence-corrected chi connectivity index (χ3v) is 9.07. The molecule has 3 heteroatoms. The predicted molar refractivity (Wildman–Crippen MR) is 210 cm³/mol. The van der Waals surface area contributed by atoms with Crippen LogP contribution in [0, 0.1) is 0 Å². The highest BCUT2D eigenvalue weighted by molar-refractivity contribution is 7.26. The topological polar surface area (TPSA) is 16.4 Å². The lowest BCUT2D eigenvalue weighted by atomic mass is 9.95. The molecule has 10 aromatic rings. The Morgan fingerprint density at radius 1 is 0.510 bits per heavy atom. The molecule has 0 aliphatic carbocycles. The van der Waals surface area contributed by atoms with Crippen LogP contribution in [0.25, 0.3) is 75.1 Å². The Morgan fingerprint density at radius 3 is 2.22 bits per heavy atom. The van der Waals surface area contributed by atoms with Crippen LogP contribution in [0.4, 0.5) is 17.1 Å². The second-order valence-electron chi connectivity index (χ2n) is 10.7. The molecule has 0 bridgehead atoms. The summed E-state index contributed by atoms with van der Waals surface area (Å²) in [4.78, 5) is 0.753. The Labute approximate surface area is 321 Å². The molecular weight excluding hydrogens is 615 g/mol. The molecule has 0 fully saturated rings. The summed E-state index contributed by atoms with van der Waals surface area (Å²) in [7, 11) is 0. The second kappa shape index (κ2) is 11.2. The monoisotopic (exact) mass is 667 g/mol. The van der Waals surface area contributed by atoms with Gasteiger partial charge >= 0.3 is 0 Å². The van der Waals surface area contributed by atoms with Crippen LogP contribution in [-0.2, 0) is 0 Å². The van der Waals surface area contributed by atoms with Gasteiger partial charge in [0, 0.05) is 37.6 Å². The van der Waals surface area contributed by atoms with Gasteiger partial charge in [0.1, 0.15) is 11.2 Å². The molecule has 2 aromatic heterocycles. The molecule has 10 rings (SSSR count). The lowest BCUT2D eigenvalue weighted by Crippen LogP contribution is -2.10. The fourth-order valence-electron chi connectivity index (χ4n) is 5.81. The van der Waals surface area contributed by atoms with Gasteiger partial charge in [0.05, 0.1) is 43.3 Å². The van der Waals surface area contributed by atoms with Crippen LogP contribution in [0.2, 0.25) is 0 Å². The van der Waals surface area contributed by atoms with Gasteiger partial charge in [0.2, 0.25) is 0 Å². The van der Waals surface area contributed by atoms with Crippen LogP contribution < -0.4 is 4.90 Å². The summed E-state index contributed by atoms with van der Waals surface area (Å²) in [6.07, 6.45) is 0. The zero-order valence-corrected chi connectivity index (χ0v) is 25.5. The number of furan rings is 1. The van der Waals surface area contributed by atoms with Crippen molar-refractivity contribution in [2.24, 2.45) is 0 Å². The van der Waals surface area contributed by atoms with Gasteiger partial charge in [-0.25, -0.2) is 0 Å². The van der Waals surface area contributed by atoms with Crippen molar-refractivity contribution in [2.75, 3.05) is 4.90 Å². The van der Waals surface area contributed by atoms with Crippen molar-refractivity contribution in [1.82, 2.24) is 0 Å². The Morgan fingerprint density at radius 2 is 1.29 bits per heavy atom. The molecule has 0 amide bonds. The van der Waals surface area contributed by atoms with Crippen LogP contribution in [0.15, 0.2) is 180 Å². The largest absolute Gasteiger partial charge is 0.456 e. The van der Waals surface area contributed by atoms with Gasteiger partial charge in [-0.2, -0.15) is 0 Å². The van der Waals surface area contributed by atoms with E-state index in [2.05, 4.69) is 0 Å². The van der Waals surface area contributed by atoms with E-state index < -0.39 is 179 Å². The number of anilines is 3. The summed E-state index contributed by atoms with van der Waals surface area (Å²) in [6.45, 7) is 0. The minimum atomic E-state index is -0.987. The number of thiophene rings is 1. The highest BCUT2D eigenvalue weighted by atomic mass is 32.1. The maximum Gasteiger partial charge on any atom is 0.136 e. The third kappa shape index (κ3) is 4.55. The summed E-state index contributed by atoms with van der Waals surface area (Å²) < 4.78 is 220. The number of nitrogens with zero attached hydrogens (tertiary/aromatic N) is 1. The Kier molecular flexibility index (Phi) is 2.99. The number of hydrogen-bond donors (Lipinski definition) is 0. The summed E-state index contributed by atoms with van der Waals surface area (Å²) in [5, 5.41) is -1.01. The van der Waals surface area contributed by atoms with E-state index in [-0.39, 0.29) is 58.4 Å². The van der Waals surface area contributed by atoms with E-state index in [0.29, 0.717) is 11.3 Å². The summed E-state index contributed by atoms with van der Waals surface area (Å²) >= 11 is 0.690. The van der Waals surface area contributed by atoms with Crippen LogP contribution in [-0.4, -0.2) is 0 Å². The van der Waals surface area contributed by atoms with Crippen molar-refractivity contribution >= 4 is 81.3 Å². The molecule has 8 aromatic carbocycles. The van der Waals surface area contributed by atoms with Gasteiger partial charge in [-0.1, -0.05) is 127 Å². The minimum absolute atomic E-state index is 0.00902. The number of fused-ring (bicyclic) bond motifs is 8. The van der Waals surface area contributed by atoms with Gasteiger partial charge in [-0.05, 0) is 81.4 Å². The van der Waals surface area contributed by atoms with E-state index in [1.54, 1.807) is 0 Å². The molecule has 0 radical (unpaired) electrons. The van der Waals surface area contributed by atoms with Crippen LogP contribution in [0.5, 0.6) is 0 Å². The zero-order chi connectivity index (χ0) is 53.2. The standard InChI is InChI=1S/C46H29NOS/c1-3-12-30(13-4-1)31-22-24-33(25-23-31)47(41-20-11-19-38-36-17-9-10-21-44(36)49-46(38)41)34-26-27-42-40(28-34)45-37-18-8-7-16-35(37)39(29-43(45)48-42)32-14-5-2-6-15-32/h1-29H/i1D,2D,3D,4D,5D,7D,8D,9D,10D,11D,12D,14D,15D,18D,19D,20D,21D,22D,23D,24D,25D,26D,27D,28D. The Hall–Kier alpha value is -6.16. The number of hydrogen-bond acceptors (Lipinski definition) is 3. The normalized spacial score (nSPS) is 18.5. The average molecular weight is 668 g/mol. The molecule has 0 saturated heterocycles. The molecule has 2 nitrogen and oxygen atoms in total. The first-order valence-electron chi connectivity index (χ1n) is 26.6. The lowest BCUT2D eigenvalue weighted by molar-refractivity contribution is 0.669. The molecule has 0 spiro atoms. The quantitative estimate of drug-likeness (QED) is 0.182. The van der Waals surface area contributed by atoms with Crippen molar-refractivity contribution in [3.05, 3.63) is 175 Å². The molecule has 230 valence electrons. The molecule has 0 atom stereocenters. The van der Waals surface area contributed by atoms with E-state index in [0.717, 1.165) is 23.1 Å². The van der Waals surface area contributed by atoms with E-state index in [1.165, 1.54) is 12.1 Å². The first kappa shape index (κ1) is 13.0. The molecule has 0 N–H and O–H groups in total. The molecule has 0 aliphatic rings. The summed E-state index contributed by atoms with van der Waals surface area (Å²) in [5.74, 6) is 0. The summed E-state index contributed by atoms with van der Waals surface area (Å²) in [5.41, 5.74) is -4.24. The molecule has 49 heavy (non-hydrogen) atoms. The second-order valence-corrected chi connectivity index (χ2v) is 11.7. The van der Waals surface area contributed by atoms with Crippen molar-refractivity contribution in [1.29, 1.82) is 0 Å². The Bertz CT molecular complexity index is 4190. The first-order chi connectivity index (χ1) is 34.2. The fourth-order valence-corrected chi connectivity index (χ4v) is 6.89. The maximum absolute atomic E-state index is 10.1. The molecule has 0 unspecified atom stereocenters. The lowest BCUT2D eigenvalue weighted by Gasteiger charge is -2.26. The maximum atomic E-state index is 10.1. The van der Waals surface area contributed by atoms with E-state index in [4.69, 9.17) is 25.0 Å². The smallest absolute Gasteiger partial charge is 0.136 e. The van der Waals surface area contributed by atoms with Crippen LogP contribution >= 0.6 is 11.3 Å². The number of benzene rings is 8. The SMILES string of the molecule is [2H]c1cc(-c2c([2H])c([2H])c(N(c3c([2H])c([2H])c4oc5cc(-c6c([2H])cc([2H])c([2H])c6[2H])c6cc([2H])c([2H])c([2H])c6c5c4c3[2H])c3c([2H])c([2H])c([2H])c4c3sc3c([2H])c([2H])c([2H])cc34)c([2H])c2[2H])c([2H])c([2H])c1[2H]. The third-order valence-electron chi connectivity index (χ3n) is 7.95. The van der Waals surface area contributed by atoms with Crippen molar-refractivity contribution in [2.45, 2.75) is 0 Å². The summed E-state index contributed by atoms with van der Waals surface area (Å²) in [6, 6.07) is -10.9. The van der Waals surface area contributed by atoms with Gasteiger partial charge in [-0.15, -0.1) is 11.3 Å². The van der Waals surface area contributed by atoms with Gasteiger partial charge in [0.25, 0.3) is 0 Å². The predicted octanol–water partition coefficient (Wildman–Crippen LogP) is 13.9. The fraction of sp³-hybridized carbons (Fsp3) is 0. The molecule has 0 aliphatic heterocycles. The van der Waals surface area contributed by atoms with Gasteiger partial charge in [-0.3, -0.25) is 0 Å².